The highest BCUT2D eigenvalue weighted by Gasteiger charge is 2.16. The standard InChI is InChI=1S/C13H19NO3S/c1-5-10(2)14(3)13(15)11-6-8-12(9-7-11)18(4,16)17/h6-10H,5H2,1-4H3. The molecule has 0 heterocycles. The van der Waals surface area contributed by atoms with Gasteiger partial charge in [-0.05, 0) is 37.6 Å². The van der Waals surface area contributed by atoms with E-state index >= 15 is 0 Å². The summed E-state index contributed by atoms with van der Waals surface area (Å²) in [6.45, 7) is 3.99. The smallest absolute Gasteiger partial charge is 0.253 e. The molecule has 0 spiro atoms. The Hall–Kier alpha value is -1.36. The highest BCUT2D eigenvalue weighted by molar-refractivity contribution is 7.90. The highest BCUT2D eigenvalue weighted by Crippen LogP contribution is 2.13. The van der Waals surface area contributed by atoms with Crippen LogP contribution in [0.3, 0.4) is 0 Å². The minimum absolute atomic E-state index is 0.0931. The molecule has 1 aromatic rings. The Labute approximate surface area is 109 Å². The van der Waals surface area contributed by atoms with E-state index in [1.807, 2.05) is 13.8 Å². The topological polar surface area (TPSA) is 54.5 Å². The third-order valence-electron chi connectivity index (χ3n) is 3.10. The maximum atomic E-state index is 12.1. The van der Waals surface area contributed by atoms with Crippen LogP contribution < -0.4 is 0 Å². The minimum atomic E-state index is -3.21. The third kappa shape index (κ3) is 3.32. The molecule has 5 heteroatoms. The molecule has 0 saturated carbocycles. The van der Waals surface area contributed by atoms with E-state index < -0.39 is 9.84 Å². The number of benzene rings is 1. The van der Waals surface area contributed by atoms with Gasteiger partial charge in [0.1, 0.15) is 0 Å². The summed E-state index contributed by atoms with van der Waals surface area (Å²) in [5.74, 6) is -0.0931. The molecule has 4 nitrogen and oxygen atoms in total. The maximum Gasteiger partial charge on any atom is 0.253 e. The van der Waals surface area contributed by atoms with Crippen molar-refractivity contribution in [2.45, 2.75) is 31.2 Å². The lowest BCUT2D eigenvalue weighted by Crippen LogP contribution is -2.34. The molecule has 0 aliphatic rings. The first-order valence-electron chi connectivity index (χ1n) is 5.84. The zero-order valence-electron chi connectivity index (χ0n) is 11.2. The zero-order valence-corrected chi connectivity index (χ0v) is 12.0. The molecule has 0 N–H and O–H groups in total. The number of carbonyl (C=O) groups is 1. The van der Waals surface area contributed by atoms with Crippen LogP contribution in [0.25, 0.3) is 0 Å². The average molecular weight is 269 g/mol. The number of carbonyl (C=O) groups excluding carboxylic acids is 1. The zero-order chi connectivity index (χ0) is 13.9. The van der Waals surface area contributed by atoms with Crippen molar-refractivity contribution in [1.29, 1.82) is 0 Å². The van der Waals surface area contributed by atoms with Crippen LogP contribution in [-0.4, -0.2) is 38.6 Å². The Morgan fingerprint density at radius 2 is 1.78 bits per heavy atom. The molecule has 0 bridgehead atoms. The first-order valence-corrected chi connectivity index (χ1v) is 7.73. The van der Waals surface area contributed by atoms with Gasteiger partial charge in [0.05, 0.1) is 4.90 Å². The van der Waals surface area contributed by atoms with Gasteiger partial charge < -0.3 is 4.90 Å². The molecule has 18 heavy (non-hydrogen) atoms. The molecule has 0 aromatic heterocycles. The quantitative estimate of drug-likeness (QED) is 0.839. The predicted octanol–water partition coefficient (Wildman–Crippen LogP) is 1.96. The Morgan fingerprint density at radius 1 is 1.28 bits per heavy atom. The number of amides is 1. The van der Waals surface area contributed by atoms with Crippen LogP contribution in [0.5, 0.6) is 0 Å². The molecule has 0 radical (unpaired) electrons. The number of hydrogen-bond donors (Lipinski definition) is 0. The van der Waals surface area contributed by atoms with Gasteiger partial charge in [0.2, 0.25) is 0 Å². The summed E-state index contributed by atoms with van der Waals surface area (Å²) in [4.78, 5) is 14.0. The lowest BCUT2D eigenvalue weighted by Gasteiger charge is -2.23. The van der Waals surface area contributed by atoms with E-state index in [0.717, 1.165) is 12.7 Å². The van der Waals surface area contributed by atoms with Crippen molar-refractivity contribution in [3.8, 4) is 0 Å². The number of sulfone groups is 1. The second kappa shape index (κ2) is 5.52. The van der Waals surface area contributed by atoms with Crippen LogP contribution in [-0.2, 0) is 9.84 Å². The third-order valence-corrected chi connectivity index (χ3v) is 4.23. The van der Waals surface area contributed by atoms with E-state index in [-0.39, 0.29) is 16.8 Å². The van der Waals surface area contributed by atoms with E-state index in [4.69, 9.17) is 0 Å². The molecule has 0 aliphatic carbocycles. The van der Waals surface area contributed by atoms with Gasteiger partial charge in [0.25, 0.3) is 5.91 Å². The van der Waals surface area contributed by atoms with Gasteiger partial charge in [0, 0.05) is 24.9 Å². The van der Waals surface area contributed by atoms with Crippen LogP contribution in [0.1, 0.15) is 30.6 Å². The van der Waals surface area contributed by atoms with Crippen LogP contribution in [0, 0.1) is 0 Å². The van der Waals surface area contributed by atoms with Gasteiger partial charge in [-0.3, -0.25) is 4.79 Å². The summed E-state index contributed by atoms with van der Waals surface area (Å²) in [5.41, 5.74) is 0.505. The molecule has 1 rings (SSSR count). The summed E-state index contributed by atoms with van der Waals surface area (Å²) in [6.07, 6.45) is 2.03. The van der Waals surface area contributed by atoms with Gasteiger partial charge in [-0.15, -0.1) is 0 Å². The Morgan fingerprint density at radius 3 is 2.17 bits per heavy atom. The van der Waals surface area contributed by atoms with Crippen LogP contribution >= 0.6 is 0 Å². The second-order valence-electron chi connectivity index (χ2n) is 4.47. The molecule has 1 unspecified atom stereocenters. The summed E-state index contributed by atoms with van der Waals surface area (Å²) in [7, 11) is -1.46. The van der Waals surface area contributed by atoms with Crippen LogP contribution in [0.15, 0.2) is 29.2 Å². The van der Waals surface area contributed by atoms with E-state index in [1.165, 1.54) is 12.1 Å². The van der Waals surface area contributed by atoms with Gasteiger partial charge >= 0.3 is 0 Å². The number of nitrogens with zero attached hydrogens (tertiary/aromatic N) is 1. The summed E-state index contributed by atoms with van der Waals surface area (Å²) in [5, 5.41) is 0. The normalized spacial score (nSPS) is 13.1. The van der Waals surface area contributed by atoms with Crippen molar-refractivity contribution in [1.82, 2.24) is 4.90 Å². The number of hydrogen-bond acceptors (Lipinski definition) is 3. The fraction of sp³-hybridized carbons (Fsp3) is 0.462. The molecule has 1 amide bonds. The van der Waals surface area contributed by atoms with Gasteiger partial charge in [-0.2, -0.15) is 0 Å². The average Bonchev–Trinajstić information content (AvgIpc) is 2.35. The first-order chi connectivity index (χ1) is 8.27. The van der Waals surface area contributed by atoms with E-state index in [9.17, 15) is 13.2 Å². The SMILES string of the molecule is CCC(C)N(C)C(=O)c1ccc(S(C)(=O)=O)cc1. The largest absolute Gasteiger partial charge is 0.339 e. The number of rotatable bonds is 4. The molecule has 100 valence electrons. The van der Waals surface area contributed by atoms with Crippen molar-refractivity contribution in [3.05, 3.63) is 29.8 Å². The summed E-state index contributed by atoms with van der Waals surface area (Å²) >= 11 is 0. The predicted molar refractivity (Wildman–Crippen MR) is 71.4 cm³/mol. The molecule has 1 aromatic carbocycles. The van der Waals surface area contributed by atoms with Gasteiger partial charge in [-0.25, -0.2) is 8.42 Å². The Balaban J connectivity index is 2.96. The van der Waals surface area contributed by atoms with Crippen molar-refractivity contribution in [2.24, 2.45) is 0 Å². The highest BCUT2D eigenvalue weighted by atomic mass is 32.2. The van der Waals surface area contributed by atoms with Crippen LogP contribution in [0.2, 0.25) is 0 Å². The van der Waals surface area contributed by atoms with Crippen molar-refractivity contribution in [3.63, 3.8) is 0 Å². The molecule has 0 aliphatic heterocycles. The lowest BCUT2D eigenvalue weighted by molar-refractivity contribution is 0.0740. The fourth-order valence-electron chi connectivity index (χ4n) is 1.52. The second-order valence-corrected chi connectivity index (χ2v) is 6.49. The fourth-order valence-corrected chi connectivity index (χ4v) is 2.15. The van der Waals surface area contributed by atoms with E-state index in [0.29, 0.717) is 5.56 Å². The molecular weight excluding hydrogens is 250 g/mol. The van der Waals surface area contributed by atoms with Crippen molar-refractivity contribution >= 4 is 15.7 Å². The van der Waals surface area contributed by atoms with Crippen molar-refractivity contribution in [2.75, 3.05) is 13.3 Å². The van der Waals surface area contributed by atoms with E-state index in [2.05, 4.69) is 0 Å². The summed E-state index contributed by atoms with van der Waals surface area (Å²) in [6, 6.07) is 6.20. The van der Waals surface area contributed by atoms with Crippen molar-refractivity contribution < 1.29 is 13.2 Å². The van der Waals surface area contributed by atoms with E-state index in [1.54, 1.807) is 24.1 Å². The Bertz CT molecular complexity index is 520. The van der Waals surface area contributed by atoms with Gasteiger partial charge in [0.15, 0.2) is 9.84 Å². The molecule has 0 fully saturated rings. The molecular formula is C13H19NO3S. The van der Waals surface area contributed by atoms with Gasteiger partial charge in [-0.1, -0.05) is 6.92 Å². The molecule has 1 atom stereocenters. The van der Waals surface area contributed by atoms with Crippen LogP contribution in [0.4, 0.5) is 0 Å². The monoisotopic (exact) mass is 269 g/mol. The summed E-state index contributed by atoms with van der Waals surface area (Å²) < 4.78 is 22.6. The molecule has 0 saturated heterocycles. The minimum Gasteiger partial charge on any atom is -0.339 e. The maximum absolute atomic E-state index is 12.1. The first kappa shape index (κ1) is 14.7. The lowest BCUT2D eigenvalue weighted by atomic mass is 10.1. The Kier molecular flexibility index (Phi) is 4.51.